The number of amides is 2. The number of nitrogens with zero attached hydrogens (tertiary/aromatic N) is 1. The van der Waals surface area contributed by atoms with E-state index in [1.54, 1.807) is 0 Å². The molecule has 28 heavy (non-hydrogen) atoms. The van der Waals surface area contributed by atoms with Gasteiger partial charge >= 0.3 is 5.97 Å². The average Bonchev–Trinajstić information content (AvgIpc) is 3.04. The van der Waals surface area contributed by atoms with Crippen molar-refractivity contribution in [3.8, 4) is 5.75 Å². The molecular formula is C20H16FNO6. The number of imide groups is 1. The van der Waals surface area contributed by atoms with Gasteiger partial charge < -0.3 is 9.47 Å². The number of Topliss-reactive ketones (excluding diaryl/α,β-unsaturated/α-hetero) is 1. The van der Waals surface area contributed by atoms with E-state index in [1.165, 1.54) is 37.4 Å². The fraction of sp³-hybridized carbons (Fsp3) is 0.200. The minimum absolute atomic E-state index is 0.0308. The zero-order chi connectivity index (χ0) is 20.3. The van der Waals surface area contributed by atoms with Crippen molar-refractivity contribution in [1.29, 1.82) is 0 Å². The molecule has 8 heteroatoms. The van der Waals surface area contributed by atoms with Crippen molar-refractivity contribution in [2.45, 2.75) is 12.8 Å². The van der Waals surface area contributed by atoms with E-state index in [2.05, 4.69) is 0 Å². The van der Waals surface area contributed by atoms with Gasteiger partial charge in [0.05, 0.1) is 23.9 Å². The van der Waals surface area contributed by atoms with Crippen molar-refractivity contribution in [3.63, 3.8) is 0 Å². The predicted octanol–water partition coefficient (Wildman–Crippen LogP) is 2.53. The van der Waals surface area contributed by atoms with Gasteiger partial charge in [0.25, 0.3) is 0 Å². The van der Waals surface area contributed by atoms with E-state index in [0.29, 0.717) is 5.69 Å². The van der Waals surface area contributed by atoms with Crippen LogP contribution in [0.4, 0.5) is 10.1 Å². The van der Waals surface area contributed by atoms with Crippen LogP contribution >= 0.6 is 0 Å². The predicted molar refractivity (Wildman–Crippen MR) is 95.7 cm³/mol. The lowest BCUT2D eigenvalue weighted by Crippen LogP contribution is -2.28. The lowest BCUT2D eigenvalue weighted by molar-refractivity contribution is -0.121. The van der Waals surface area contributed by atoms with Crippen molar-refractivity contribution in [1.82, 2.24) is 0 Å². The number of esters is 1. The summed E-state index contributed by atoms with van der Waals surface area (Å²) in [7, 11) is 1.34. The van der Waals surface area contributed by atoms with E-state index >= 15 is 0 Å². The molecule has 0 atom stereocenters. The lowest BCUT2D eigenvalue weighted by Gasteiger charge is -2.14. The van der Waals surface area contributed by atoms with Crippen molar-refractivity contribution in [2.75, 3.05) is 18.6 Å². The maximum atomic E-state index is 13.4. The highest BCUT2D eigenvalue weighted by Crippen LogP contribution is 2.23. The third-order valence-electron chi connectivity index (χ3n) is 4.21. The topological polar surface area (TPSA) is 90.0 Å². The minimum atomic E-state index is -0.769. The second-order valence-electron chi connectivity index (χ2n) is 6.01. The van der Waals surface area contributed by atoms with Gasteiger partial charge in [-0.2, -0.15) is 0 Å². The quantitative estimate of drug-likeness (QED) is 0.431. The Morgan fingerprint density at radius 1 is 1.04 bits per heavy atom. The van der Waals surface area contributed by atoms with Crippen LogP contribution in [0.15, 0.2) is 42.5 Å². The van der Waals surface area contributed by atoms with Crippen LogP contribution in [-0.2, 0) is 14.3 Å². The van der Waals surface area contributed by atoms with Crippen LogP contribution in [0.3, 0.4) is 0 Å². The molecule has 2 aromatic rings. The molecule has 0 aliphatic carbocycles. The van der Waals surface area contributed by atoms with Crippen LogP contribution in [0.1, 0.15) is 33.6 Å². The first-order valence-corrected chi connectivity index (χ1v) is 8.40. The summed E-state index contributed by atoms with van der Waals surface area (Å²) in [5, 5.41) is 0. The van der Waals surface area contributed by atoms with E-state index in [9.17, 15) is 23.6 Å². The first-order valence-electron chi connectivity index (χ1n) is 8.40. The first-order chi connectivity index (χ1) is 13.4. The summed E-state index contributed by atoms with van der Waals surface area (Å²) in [5.74, 6) is -2.42. The highest BCUT2D eigenvalue weighted by atomic mass is 19.1. The number of hydrogen-bond acceptors (Lipinski definition) is 6. The highest BCUT2D eigenvalue weighted by molar-refractivity contribution is 6.19. The zero-order valence-electron chi connectivity index (χ0n) is 14.9. The smallest absolute Gasteiger partial charge is 0.338 e. The van der Waals surface area contributed by atoms with Crippen LogP contribution in [0, 0.1) is 5.82 Å². The summed E-state index contributed by atoms with van der Waals surface area (Å²) >= 11 is 0. The Hall–Kier alpha value is -3.55. The molecule has 1 saturated heterocycles. The molecule has 3 rings (SSSR count). The molecule has 0 aromatic heterocycles. The van der Waals surface area contributed by atoms with Crippen molar-refractivity contribution in [3.05, 3.63) is 59.4 Å². The van der Waals surface area contributed by atoms with E-state index in [-0.39, 0.29) is 41.5 Å². The van der Waals surface area contributed by atoms with E-state index in [0.717, 1.165) is 17.0 Å². The normalized spacial score (nSPS) is 13.6. The first kappa shape index (κ1) is 19.2. The van der Waals surface area contributed by atoms with Gasteiger partial charge in [0.2, 0.25) is 17.6 Å². The minimum Gasteiger partial charge on any atom is -0.496 e. The molecule has 0 unspecified atom stereocenters. The second-order valence-corrected chi connectivity index (χ2v) is 6.01. The molecule has 1 fully saturated rings. The number of methoxy groups -OCH3 is 1. The summed E-state index contributed by atoms with van der Waals surface area (Å²) in [5.41, 5.74) is 0.475. The van der Waals surface area contributed by atoms with E-state index in [1.807, 2.05) is 0 Å². The van der Waals surface area contributed by atoms with Gasteiger partial charge in [0.15, 0.2) is 6.61 Å². The van der Waals surface area contributed by atoms with Crippen LogP contribution in [0.5, 0.6) is 5.75 Å². The Bertz CT molecular complexity index is 938. The molecule has 1 heterocycles. The molecule has 0 saturated carbocycles. The fourth-order valence-electron chi connectivity index (χ4n) is 2.80. The van der Waals surface area contributed by atoms with Crippen LogP contribution < -0.4 is 9.64 Å². The molecule has 1 aliphatic heterocycles. The third-order valence-corrected chi connectivity index (χ3v) is 4.21. The summed E-state index contributed by atoms with van der Waals surface area (Å²) in [6.07, 6.45) is 0.322. The summed E-state index contributed by atoms with van der Waals surface area (Å²) in [6, 6.07) is 9.16. The molecule has 7 nitrogen and oxygen atoms in total. The standard InChI is InChI=1S/C20H16FNO6/c1-27-17-7-4-13(21)10-15(17)16(23)11-28-20(26)12-2-5-14(6-3-12)22-18(24)8-9-19(22)25/h2-7,10H,8-9,11H2,1H3. The Morgan fingerprint density at radius 3 is 2.29 bits per heavy atom. The maximum Gasteiger partial charge on any atom is 0.338 e. The molecule has 2 amide bonds. The van der Waals surface area contributed by atoms with E-state index < -0.39 is 24.2 Å². The largest absolute Gasteiger partial charge is 0.496 e. The number of anilines is 1. The molecular weight excluding hydrogens is 369 g/mol. The van der Waals surface area contributed by atoms with Gasteiger partial charge in [-0.3, -0.25) is 19.3 Å². The Morgan fingerprint density at radius 2 is 1.68 bits per heavy atom. The molecule has 144 valence electrons. The number of benzene rings is 2. The Balaban J connectivity index is 1.65. The molecule has 2 aromatic carbocycles. The van der Waals surface area contributed by atoms with Crippen LogP contribution in [-0.4, -0.2) is 37.3 Å². The number of carbonyl (C=O) groups is 4. The number of carbonyl (C=O) groups excluding carboxylic acids is 4. The van der Waals surface area contributed by atoms with Gasteiger partial charge in [-0.1, -0.05) is 0 Å². The Kier molecular flexibility index (Phi) is 5.49. The van der Waals surface area contributed by atoms with Crippen molar-refractivity contribution in [2.24, 2.45) is 0 Å². The monoisotopic (exact) mass is 385 g/mol. The Labute approximate surface area is 159 Å². The molecule has 0 bridgehead atoms. The SMILES string of the molecule is COc1ccc(F)cc1C(=O)COC(=O)c1ccc(N2C(=O)CCC2=O)cc1. The second kappa shape index (κ2) is 7.99. The number of ketones is 1. The van der Waals surface area contributed by atoms with Gasteiger partial charge in [-0.15, -0.1) is 0 Å². The zero-order valence-corrected chi connectivity index (χ0v) is 14.9. The van der Waals surface area contributed by atoms with Gasteiger partial charge in [-0.05, 0) is 42.5 Å². The molecule has 0 spiro atoms. The average molecular weight is 385 g/mol. The number of rotatable bonds is 6. The van der Waals surface area contributed by atoms with Crippen LogP contribution in [0.25, 0.3) is 0 Å². The highest BCUT2D eigenvalue weighted by Gasteiger charge is 2.30. The number of ether oxygens (including phenoxy) is 2. The third kappa shape index (κ3) is 3.90. The number of hydrogen-bond donors (Lipinski definition) is 0. The lowest BCUT2D eigenvalue weighted by atomic mass is 10.1. The van der Waals surface area contributed by atoms with E-state index in [4.69, 9.17) is 9.47 Å². The fourth-order valence-corrected chi connectivity index (χ4v) is 2.80. The molecule has 0 radical (unpaired) electrons. The molecule has 1 aliphatic rings. The van der Waals surface area contributed by atoms with Crippen molar-refractivity contribution < 1.29 is 33.0 Å². The number of halogens is 1. The van der Waals surface area contributed by atoms with Crippen LogP contribution in [0.2, 0.25) is 0 Å². The van der Waals surface area contributed by atoms with Gasteiger partial charge in [0.1, 0.15) is 11.6 Å². The maximum absolute atomic E-state index is 13.4. The van der Waals surface area contributed by atoms with Gasteiger partial charge in [0, 0.05) is 12.8 Å². The van der Waals surface area contributed by atoms with Gasteiger partial charge in [-0.25, -0.2) is 9.18 Å². The summed E-state index contributed by atoms with van der Waals surface area (Å²) in [6.45, 7) is -0.594. The molecule has 0 N–H and O–H groups in total. The summed E-state index contributed by atoms with van der Waals surface area (Å²) in [4.78, 5) is 48.9. The summed E-state index contributed by atoms with van der Waals surface area (Å²) < 4.78 is 23.3. The van der Waals surface area contributed by atoms with Crippen molar-refractivity contribution >= 4 is 29.3 Å².